The number of alkyl halides is 3. The summed E-state index contributed by atoms with van der Waals surface area (Å²) in [6.07, 6.45) is -4.41. The summed E-state index contributed by atoms with van der Waals surface area (Å²) in [5.41, 5.74) is 0.526. The van der Waals surface area contributed by atoms with Crippen molar-refractivity contribution in [2.45, 2.75) is 13.1 Å². The molecule has 0 amide bonds. The van der Waals surface area contributed by atoms with Crippen molar-refractivity contribution in [3.63, 3.8) is 0 Å². The van der Waals surface area contributed by atoms with Crippen LogP contribution in [0.4, 0.5) is 13.2 Å². The number of aryl methyl sites for hydroxylation is 1. The first-order chi connectivity index (χ1) is 9.83. The SMILES string of the molecule is Cc1cc(C(=O)Oc2ccc(OCC(F)(F)F)cc2)on1. The molecule has 0 N–H and O–H groups in total. The molecule has 2 rings (SSSR count). The molecular weight excluding hydrogens is 291 g/mol. The summed E-state index contributed by atoms with van der Waals surface area (Å²) in [6, 6.07) is 6.56. The lowest BCUT2D eigenvalue weighted by Gasteiger charge is -2.09. The second kappa shape index (κ2) is 5.86. The number of ether oxygens (including phenoxy) is 2. The van der Waals surface area contributed by atoms with E-state index in [1.807, 2.05) is 0 Å². The smallest absolute Gasteiger partial charge is 0.422 e. The van der Waals surface area contributed by atoms with Crippen LogP contribution in [-0.2, 0) is 0 Å². The zero-order valence-corrected chi connectivity index (χ0v) is 10.8. The Morgan fingerprint density at radius 3 is 2.38 bits per heavy atom. The molecule has 0 radical (unpaired) electrons. The highest BCUT2D eigenvalue weighted by atomic mass is 19.4. The molecule has 0 unspecified atom stereocenters. The number of halogens is 3. The molecule has 21 heavy (non-hydrogen) atoms. The van der Waals surface area contributed by atoms with E-state index < -0.39 is 18.8 Å². The van der Waals surface area contributed by atoms with E-state index in [1.54, 1.807) is 6.92 Å². The summed E-state index contributed by atoms with van der Waals surface area (Å²) < 4.78 is 50.1. The van der Waals surface area contributed by atoms with Crippen molar-refractivity contribution in [2.75, 3.05) is 6.61 Å². The Kier molecular flexibility index (Phi) is 4.15. The Morgan fingerprint density at radius 1 is 1.24 bits per heavy atom. The number of aromatic nitrogens is 1. The number of carbonyl (C=O) groups is 1. The quantitative estimate of drug-likeness (QED) is 0.641. The Hall–Kier alpha value is -2.51. The highest BCUT2D eigenvalue weighted by molar-refractivity contribution is 5.88. The third kappa shape index (κ3) is 4.51. The molecule has 0 atom stereocenters. The van der Waals surface area contributed by atoms with Crippen LogP contribution in [-0.4, -0.2) is 23.9 Å². The number of hydrogen-bond acceptors (Lipinski definition) is 5. The fraction of sp³-hybridized carbons (Fsp3) is 0.231. The average molecular weight is 301 g/mol. The van der Waals surface area contributed by atoms with Crippen LogP contribution in [0, 0.1) is 6.92 Å². The standard InChI is InChI=1S/C13H10F3NO4/c1-8-6-11(21-17-8)12(18)20-10-4-2-9(3-5-10)19-7-13(14,15)16/h2-6H,7H2,1H3. The molecule has 0 saturated heterocycles. The molecule has 2 aromatic rings. The van der Waals surface area contributed by atoms with Crippen molar-refractivity contribution >= 4 is 5.97 Å². The van der Waals surface area contributed by atoms with E-state index >= 15 is 0 Å². The van der Waals surface area contributed by atoms with Gasteiger partial charge in [0, 0.05) is 6.07 Å². The molecule has 5 nitrogen and oxygen atoms in total. The molecule has 0 aliphatic carbocycles. The van der Waals surface area contributed by atoms with E-state index in [0.29, 0.717) is 5.69 Å². The summed E-state index contributed by atoms with van der Waals surface area (Å²) in [5, 5.41) is 3.54. The van der Waals surface area contributed by atoms with E-state index in [-0.39, 0.29) is 17.3 Å². The van der Waals surface area contributed by atoms with Gasteiger partial charge >= 0.3 is 12.1 Å². The van der Waals surface area contributed by atoms with Crippen molar-refractivity contribution < 1.29 is 32.0 Å². The minimum atomic E-state index is -4.41. The predicted molar refractivity (Wildman–Crippen MR) is 64.2 cm³/mol. The van der Waals surface area contributed by atoms with Crippen LogP contribution in [0.2, 0.25) is 0 Å². The zero-order valence-electron chi connectivity index (χ0n) is 10.8. The lowest BCUT2D eigenvalue weighted by Crippen LogP contribution is -2.19. The van der Waals surface area contributed by atoms with Crippen LogP contribution >= 0.6 is 0 Å². The summed E-state index contributed by atoms with van der Waals surface area (Å²) in [7, 11) is 0. The molecule has 0 aliphatic heterocycles. The Balaban J connectivity index is 1.94. The summed E-state index contributed by atoms with van der Waals surface area (Å²) in [4.78, 5) is 11.6. The second-order valence-corrected chi connectivity index (χ2v) is 4.10. The fourth-order valence-corrected chi connectivity index (χ4v) is 1.39. The van der Waals surface area contributed by atoms with Crippen LogP contribution < -0.4 is 9.47 Å². The zero-order chi connectivity index (χ0) is 15.5. The molecule has 0 bridgehead atoms. The number of benzene rings is 1. The lowest BCUT2D eigenvalue weighted by atomic mass is 10.3. The number of carbonyl (C=O) groups excluding carboxylic acids is 1. The van der Waals surface area contributed by atoms with Gasteiger partial charge in [-0.3, -0.25) is 0 Å². The highest BCUT2D eigenvalue weighted by Crippen LogP contribution is 2.21. The van der Waals surface area contributed by atoms with Gasteiger partial charge < -0.3 is 14.0 Å². The number of hydrogen-bond donors (Lipinski definition) is 0. The number of esters is 1. The van der Waals surface area contributed by atoms with Gasteiger partial charge in [0.15, 0.2) is 6.61 Å². The summed E-state index contributed by atoms with van der Waals surface area (Å²) in [5.74, 6) is -0.652. The van der Waals surface area contributed by atoms with Crippen LogP contribution in [0.1, 0.15) is 16.2 Å². The van der Waals surface area contributed by atoms with Gasteiger partial charge in [0.25, 0.3) is 0 Å². The third-order valence-corrected chi connectivity index (χ3v) is 2.27. The molecule has 1 aromatic heterocycles. The van der Waals surface area contributed by atoms with Gasteiger partial charge in [-0.2, -0.15) is 13.2 Å². The van der Waals surface area contributed by atoms with Crippen LogP contribution in [0.3, 0.4) is 0 Å². The first-order valence-electron chi connectivity index (χ1n) is 5.78. The van der Waals surface area contributed by atoms with Gasteiger partial charge in [0.1, 0.15) is 11.5 Å². The maximum Gasteiger partial charge on any atom is 0.422 e. The Bertz CT molecular complexity index is 619. The second-order valence-electron chi connectivity index (χ2n) is 4.10. The van der Waals surface area contributed by atoms with Gasteiger partial charge in [-0.05, 0) is 31.2 Å². The van der Waals surface area contributed by atoms with Gasteiger partial charge in [-0.15, -0.1) is 0 Å². The fourth-order valence-electron chi connectivity index (χ4n) is 1.39. The van der Waals surface area contributed by atoms with Crippen molar-refractivity contribution in [2.24, 2.45) is 0 Å². The van der Waals surface area contributed by atoms with Crippen molar-refractivity contribution in [1.29, 1.82) is 0 Å². The maximum absolute atomic E-state index is 12.0. The first-order valence-corrected chi connectivity index (χ1v) is 5.78. The predicted octanol–water partition coefficient (Wildman–Crippen LogP) is 3.14. The van der Waals surface area contributed by atoms with Crippen LogP contribution in [0.5, 0.6) is 11.5 Å². The molecule has 0 fully saturated rings. The molecule has 0 aliphatic rings. The maximum atomic E-state index is 12.0. The molecule has 0 spiro atoms. The lowest BCUT2D eigenvalue weighted by molar-refractivity contribution is -0.153. The monoisotopic (exact) mass is 301 g/mol. The Labute approximate surface area is 117 Å². The van der Waals surface area contributed by atoms with Crippen molar-refractivity contribution in [1.82, 2.24) is 5.16 Å². The molecule has 112 valence electrons. The van der Waals surface area contributed by atoms with Gasteiger partial charge in [0.2, 0.25) is 5.76 Å². The van der Waals surface area contributed by atoms with Gasteiger partial charge in [-0.25, -0.2) is 4.79 Å². The molecule has 1 aromatic carbocycles. The van der Waals surface area contributed by atoms with E-state index in [0.717, 1.165) is 0 Å². The average Bonchev–Trinajstić information content (AvgIpc) is 2.84. The van der Waals surface area contributed by atoms with E-state index in [2.05, 4.69) is 9.89 Å². The van der Waals surface area contributed by atoms with Gasteiger partial charge in [0.05, 0.1) is 5.69 Å². The van der Waals surface area contributed by atoms with E-state index in [4.69, 9.17) is 9.26 Å². The third-order valence-electron chi connectivity index (χ3n) is 2.27. The van der Waals surface area contributed by atoms with Crippen LogP contribution in [0.15, 0.2) is 34.9 Å². The molecular formula is C13H10F3NO4. The van der Waals surface area contributed by atoms with Gasteiger partial charge in [-0.1, -0.05) is 5.16 Å². The molecule has 0 saturated carbocycles. The normalized spacial score (nSPS) is 11.2. The number of rotatable bonds is 4. The van der Waals surface area contributed by atoms with Crippen molar-refractivity contribution in [3.8, 4) is 11.5 Å². The van der Waals surface area contributed by atoms with E-state index in [9.17, 15) is 18.0 Å². The first kappa shape index (κ1) is 14.9. The Morgan fingerprint density at radius 2 is 1.86 bits per heavy atom. The van der Waals surface area contributed by atoms with Crippen LogP contribution in [0.25, 0.3) is 0 Å². The topological polar surface area (TPSA) is 61.6 Å². The molecule has 1 heterocycles. The highest BCUT2D eigenvalue weighted by Gasteiger charge is 2.28. The van der Waals surface area contributed by atoms with E-state index in [1.165, 1.54) is 30.3 Å². The number of nitrogens with zero attached hydrogens (tertiary/aromatic N) is 1. The minimum absolute atomic E-state index is 0.0163. The minimum Gasteiger partial charge on any atom is -0.484 e. The summed E-state index contributed by atoms with van der Waals surface area (Å²) >= 11 is 0. The van der Waals surface area contributed by atoms with Crippen molar-refractivity contribution in [3.05, 3.63) is 41.8 Å². The largest absolute Gasteiger partial charge is 0.484 e. The summed E-state index contributed by atoms with van der Waals surface area (Å²) in [6.45, 7) is 0.260. The molecule has 8 heteroatoms.